The van der Waals surface area contributed by atoms with Crippen molar-refractivity contribution in [3.8, 4) is 11.5 Å². The summed E-state index contributed by atoms with van der Waals surface area (Å²) in [4.78, 5) is 11.9. The van der Waals surface area contributed by atoms with Crippen molar-refractivity contribution in [1.29, 1.82) is 0 Å². The van der Waals surface area contributed by atoms with Crippen LogP contribution in [0.3, 0.4) is 0 Å². The number of benzene rings is 2. The lowest BCUT2D eigenvalue weighted by molar-refractivity contribution is 0.0965. The number of carbonyl (C=O) groups excluding carboxylic acids is 1. The monoisotopic (exact) mass is 366 g/mol. The van der Waals surface area contributed by atoms with E-state index in [2.05, 4.69) is 29.7 Å². The molecule has 0 bridgehead atoms. The van der Waals surface area contributed by atoms with Gasteiger partial charge < -0.3 is 20.1 Å². The highest BCUT2D eigenvalue weighted by Gasteiger charge is 2.32. The molecule has 3 atom stereocenters. The molecule has 2 heterocycles. The molecule has 0 aromatic heterocycles. The molecule has 2 N–H and O–H groups in total. The van der Waals surface area contributed by atoms with Crippen molar-refractivity contribution in [2.45, 2.75) is 31.8 Å². The number of methoxy groups -OCH3 is 1. The highest BCUT2D eigenvalue weighted by molar-refractivity contribution is 5.98. The predicted molar refractivity (Wildman–Crippen MR) is 104 cm³/mol. The van der Waals surface area contributed by atoms with Gasteiger partial charge in [-0.15, -0.1) is 0 Å². The van der Waals surface area contributed by atoms with Gasteiger partial charge in [-0.05, 0) is 61.2 Å². The van der Waals surface area contributed by atoms with Crippen LogP contribution in [0.2, 0.25) is 0 Å². The lowest BCUT2D eigenvalue weighted by Crippen LogP contribution is -2.45. The summed E-state index contributed by atoms with van der Waals surface area (Å²) in [5, 5.41) is 6.42. The van der Waals surface area contributed by atoms with Crippen molar-refractivity contribution in [2.24, 2.45) is 5.92 Å². The van der Waals surface area contributed by atoms with E-state index in [1.54, 1.807) is 7.11 Å². The van der Waals surface area contributed by atoms with Gasteiger partial charge in [0.1, 0.15) is 11.5 Å². The summed E-state index contributed by atoms with van der Waals surface area (Å²) < 4.78 is 11.4. The second-order valence-electron chi connectivity index (χ2n) is 7.39. The van der Waals surface area contributed by atoms with Crippen LogP contribution < -0.4 is 20.1 Å². The van der Waals surface area contributed by atoms with Gasteiger partial charge in [-0.3, -0.25) is 4.79 Å². The van der Waals surface area contributed by atoms with Crippen LogP contribution in [0.1, 0.15) is 40.7 Å². The number of amides is 1. The molecule has 4 rings (SSSR count). The topological polar surface area (TPSA) is 59.6 Å². The molecule has 0 aliphatic carbocycles. The lowest BCUT2D eigenvalue weighted by atomic mass is 9.77. The molecular weight excluding hydrogens is 340 g/mol. The van der Waals surface area contributed by atoms with Crippen LogP contribution in [-0.2, 0) is 6.54 Å². The van der Waals surface area contributed by atoms with Gasteiger partial charge in [0, 0.05) is 24.1 Å². The van der Waals surface area contributed by atoms with Crippen LogP contribution >= 0.6 is 0 Å². The summed E-state index contributed by atoms with van der Waals surface area (Å²) in [6, 6.07) is 14.5. The Morgan fingerprint density at radius 2 is 1.89 bits per heavy atom. The normalized spacial score (nSPS) is 24.2. The largest absolute Gasteiger partial charge is 0.497 e. The van der Waals surface area contributed by atoms with Crippen LogP contribution in [0.5, 0.6) is 11.5 Å². The highest BCUT2D eigenvalue weighted by atomic mass is 16.5. The molecule has 27 heavy (non-hydrogen) atoms. The number of hydrogen-bond donors (Lipinski definition) is 2. The standard InChI is InChI=1S/C22H26N2O3/c1-14-21(13-27-18-8-5-16-12-24-22(25)20(16)11-18)19(9-10-23-14)15-3-6-17(26-2)7-4-15/h3-8,11,14,19,21,23H,9-10,12-13H2,1-2H3,(H,24,25). The minimum absolute atomic E-state index is 0.0146. The zero-order valence-corrected chi connectivity index (χ0v) is 15.8. The Bertz CT molecular complexity index is 819. The maximum atomic E-state index is 11.9. The number of hydrogen-bond acceptors (Lipinski definition) is 4. The first-order chi connectivity index (χ1) is 13.2. The molecule has 0 saturated carbocycles. The Balaban J connectivity index is 1.49. The van der Waals surface area contributed by atoms with Crippen LogP contribution in [0.15, 0.2) is 42.5 Å². The molecule has 1 saturated heterocycles. The zero-order chi connectivity index (χ0) is 18.8. The van der Waals surface area contributed by atoms with E-state index in [1.165, 1.54) is 5.56 Å². The van der Waals surface area contributed by atoms with Crippen molar-refractivity contribution in [3.05, 3.63) is 59.2 Å². The van der Waals surface area contributed by atoms with Gasteiger partial charge in [0.05, 0.1) is 13.7 Å². The van der Waals surface area contributed by atoms with E-state index in [9.17, 15) is 4.79 Å². The summed E-state index contributed by atoms with van der Waals surface area (Å²) in [7, 11) is 1.69. The fraction of sp³-hybridized carbons (Fsp3) is 0.409. The van der Waals surface area contributed by atoms with Gasteiger partial charge in [0.15, 0.2) is 0 Å². The Morgan fingerprint density at radius 3 is 2.67 bits per heavy atom. The smallest absolute Gasteiger partial charge is 0.252 e. The quantitative estimate of drug-likeness (QED) is 0.854. The van der Waals surface area contributed by atoms with E-state index in [1.807, 2.05) is 30.3 Å². The second-order valence-corrected chi connectivity index (χ2v) is 7.39. The molecule has 2 aliphatic heterocycles. The molecule has 0 spiro atoms. The van der Waals surface area contributed by atoms with Crippen molar-refractivity contribution < 1.29 is 14.3 Å². The molecule has 1 amide bonds. The molecule has 0 radical (unpaired) electrons. The molecular formula is C22H26N2O3. The Labute approximate surface area is 160 Å². The second kappa shape index (κ2) is 7.61. The van der Waals surface area contributed by atoms with Crippen molar-refractivity contribution >= 4 is 5.91 Å². The van der Waals surface area contributed by atoms with E-state index in [4.69, 9.17) is 9.47 Å². The van der Waals surface area contributed by atoms with E-state index in [0.29, 0.717) is 31.0 Å². The summed E-state index contributed by atoms with van der Waals surface area (Å²) in [5.41, 5.74) is 3.09. The number of carbonyl (C=O) groups is 1. The van der Waals surface area contributed by atoms with Gasteiger partial charge in [-0.25, -0.2) is 0 Å². The predicted octanol–water partition coefficient (Wildman–Crippen LogP) is 3.10. The average Bonchev–Trinajstić information content (AvgIpc) is 3.07. The third-order valence-electron chi connectivity index (χ3n) is 5.83. The number of piperidine rings is 1. The number of fused-ring (bicyclic) bond motifs is 1. The lowest BCUT2D eigenvalue weighted by Gasteiger charge is -2.37. The third kappa shape index (κ3) is 3.65. The van der Waals surface area contributed by atoms with Gasteiger partial charge in [-0.2, -0.15) is 0 Å². The van der Waals surface area contributed by atoms with Crippen LogP contribution in [0, 0.1) is 5.92 Å². The maximum absolute atomic E-state index is 11.9. The maximum Gasteiger partial charge on any atom is 0.252 e. The minimum atomic E-state index is -0.0146. The van der Waals surface area contributed by atoms with Crippen LogP contribution in [-0.4, -0.2) is 32.2 Å². The number of rotatable bonds is 5. The molecule has 2 aromatic carbocycles. The van der Waals surface area contributed by atoms with Crippen molar-refractivity contribution in [2.75, 3.05) is 20.3 Å². The van der Waals surface area contributed by atoms with Crippen molar-refractivity contribution in [1.82, 2.24) is 10.6 Å². The van der Waals surface area contributed by atoms with Gasteiger partial charge in [0.2, 0.25) is 0 Å². The Hall–Kier alpha value is -2.53. The van der Waals surface area contributed by atoms with E-state index in [-0.39, 0.29) is 5.91 Å². The fourth-order valence-corrected chi connectivity index (χ4v) is 4.18. The minimum Gasteiger partial charge on any atom is -0.497 e. The van der Waals surface area contributed by atoms with Crippen LogP contribution in [0.25, 0.3) is 0 Å². The van der Waals surface area contributed by atoms with E-state index < -0.39 is 0 Å². The molecule has 2 aromatic rings. The highest BCUT2D eigenvalue weighted by Crippen LogP contribution is 2.35. The SMILES string of the molecule is COc1ccc(C2CCNC(C)C2COc2ccc3c(c2)C(=O)NC3)cc1. The van der Waals surface area contributed by atoms with Gasteiger partial charge in [-0.1, -0.05) is 18.2 Å². The van der Waals surface area contributed by atoms with Crippen molar-refractivity contribution in [3.63, 3.8) is 0 Å². The number of ether oxygens (including phenoxy) is 2. The first kappa shape index (κ1) is 17.9. The summed E-state index contributed by atoms with van der Waals surface area (Å²) >= 11 is 0. The molecule has 2 aliphatic rings. The average molecular weight is 366 g/mol. The van der Waals surface area contributed by atoms with E-state index >= 15 is 0 Å². The first-order valence-electron chi connectivity index (χ1n) is 9.57. The summed E-state index contributed by atoms with van der Waals surface area (Å²) in [6.45, 7) is 4.45. The third-order valence-corrected chi connectivity index (χ3v) is 5.83. The number of nitrogens with one attached hydrogen (secondary N) is 2. The Kier molecular flexibility index (Phi) is 5.03. The summed E-state index contributed by atoms with van der Waals surface area (Å²) in [6.07, 6.45) is 1.08. The molecule has 5 heteroatoms. The van der Waals surface area contributed by atoms with E-state index in [0.717, 1.165) is 35.6 Å². The molecule has 142 valence electrons. The molecule has 1 fully saturated rings. The molecule has 5 nitrogen and oxygen atoms in total. The summed E-state index contributed by atoms with van der Waals surface area (Å²) in [5.74, 6) is 2.42. The van der Waals surface area contributed by atoms with Gasteiger partial charge in [0.25, 0.3) is 5.91 Å². The zero-order valence-electron chi connectivity index (χ0n) is 15.8. The van der Waals surface area contributed by atoms with Gasteiger partial charge >= 0.3 is 0 Å². The Morgan fingerprint density at radius 1 is 1.11 bits per heavy atom. The molecule has 3 unspecified atom stereocenters. The first-order valence-corrected chi connectivity index (χ1v) is 9.57. The fourth-order valence-electron chi connectivity index (χ4n) is 4.18. The van der Waals surface area contributed by atoms with Crippen LogP contribution in [0.4, 0.5) is 0 Å².